The van der Waals surface area contributed by atoms with Crippen LogP contribution in [0.5, 0.6) is 5.88 Å². The Bertz CT molecular complexity index is 1850. The predicted octanol–water partition coefficient (Wildman–Crippen LogP) is 5.85. The Morgan fingerprint density at radius 3 is 2.59 bits per heavy atom. The van der Waals surface area contributed by atoms with E-state index in [0.29, 0.717) is 53.8 Å². The van der Waals surface area contributed by atoms with Crippen LogP contribution in [0.15, 0.2) is 48.7 Å². The average molecular weight is 657 g/mol. The zero-order chi connectivity index (χ0) is 31.8. The highest BCUT2D eigenvalue weighted by Crippen LogP contribution is 2.29. The lowest BCUT2D eigenvalue weighted by Gasteiger charge is -2.32. The fourth-order valence-electron chi connectivity index (χ4n) is 5.69. The minimum absolute atomic E-state index is 0.0249. The SMILES string of the molecule is Fc1cc(Cl)ccc1Cc1cccc(OC2CCN(Cc3nc4cc(-c5n[nH]c(C(F)(F)F)n5)ncc4n3CC3CCO3)CC2)n1. The van der Waals surface area contributed by atoms with Crippen molar-refractivity contribution in [1.82, 2.24) is 39.6 Å². The molecule has 1 atom stereocenters. The van der Waals surface area contributed by atoms with Crippen LogP contribution < -0.4 is 4.74 Å². The first-order chi connectivity index (χ1) is 22.2. The number of halogens is 5. The summed E-state index contributed by atoms with van der Waals surface area (Å²) >= 11 is 5.88. The van der Waals surface area contributed by atoms with E-state index >= 15 is 0 Å². The fourth-order valence-corrected chi connectivity index (χ4v) is 5.85. The van der Waals surface area contributed by atoms with Crippen LogP contribution in [-0.4, -0.2) is 71.5 Å². The number of nitrogens with one attached hydrogen (secondary N) is 1. The summed E-state index contributed by atoms with van der Waals surface area (Å²) in [6.45, 7) is 3.43. The quantitative estimate of drug-likeness (QED) is 0.197. The number of nitrogens with zero attached hydrogens (tertiary/aromatic N) is 7. The Labute approximate surface area is 265 Å². The Hall–Kier alpha value is -4.14. The number of piperidine rings is 1. The summed E-state index contributed by atoms with van der Waals surface area (Å²) in [7, 11) is 0. The van der Waals surface area contributed by atoms with Gasteiger partial charge in [0.05, 0.1) is 36.4 Å². The maximum Gasteiger partial charge on any atom is 0.451 e. The van der Waals surface area contributed by atoms with E-state index in [0.717, 1.165) is 43.7 Å². The number of aromatic amines is 1. The summed E-state index contributed by atoms with van der Waals surface area (Å²) in [5.74, 6) is -0.371. The molecule has 240 valence electrons. The second-order valence-corrected chi connectivity index (χ2v) is 11.9. The summed E-state index contributed by atoms with van der Waals surface area (Å²) in [6.07, 6.45) is -0.163. The van der Waals surface area contributed by atoms with Crippen molar-refractivity contribution in [3.8, 4) is 17.4 Å². The van der Waals surface area contributed by atoms with Crippen molar-refractivity contribution in [1.29, 1.82) is 0 Å². The summed E-state index contributed by atoms with van der Waals surface area (Å²) in [4.78, 5) is 19.7. The Morgan fingerprint density at radius 2 is 1.87 bits per heavy atom. The lowest BCUT2D eigenvalue weighted by molar-refractivity contribution is -0.144. The van der Waals surface area contributed by atoms with E-state index < -0.39 is 12.0 Å². The minimum Gasteiger partial charge on any atom is -0.474 e. The summed E-state index contributed by atoms with van der Waals surface area (Å²) in [5, 5.41) is 5.98. The van der Waals surface area contributed by atoms with Crippen molar-refractivity contribution in [3.63, 3.8) is 0 Å². The van der Waals surface area contributed by atoms with Crippen molar-refractivity contribution < 1.29 is 27.0 Å². The van der Waals surface area contributed by atoms with Crippen molar-refractivity contribution in [2.24, 2.45) is 0 Å². The van der Waals surface area contributed by atoms with Crippen LogP contribution in [0, 0.1) is 5.82 Å². The average Bonchev–Trinajstić information content (AvgIpc) is 3.63. The fraction of sp³-hybridized carbons (Fsp3) is 0.387. The van der Waals surface area contributed by atoms with E-state index in [-0.39, 0.29) is 29.5 Å². The number of H-pyrrole nitrogens is 1. The van der Waals surface area contributed by atoms with Gasteiger partial charge < -0.3 is 14.0 Å². The third-order valence-electron chi connectivity index (χ3n) is 8.23. The molecular formula is C31H29ClF4N8O2. The van der Waals surface area contributed by atoms with E-state index in [4.69, 9.17) is 26.1 Å². The Kier molecular flexibility index (Phi) is 8.34. The predicted molar refractivity (Wildman–Crippen MR) is 160 cm³/mol. The van der Waals surface area contributed by atoms with Gasteiger partial charge in [-0.25, -0.2) is 19.3 Å². The molecule has 2 saturated heterocycles. The number of pyridine rings is 2. The van der Waals surface area contributed by atoms with Gasteiger partial charge in [-0.3, -0.25) is 15.0 Å². The number of hydrogen-bond acceptors (Lipinski definition) is 8. The van der Waals surface area contributed by atoms with Crippen LogP contribution in [0.1, 0.15) is 42.2 Å². The smallest absolute Gasteiger partial charge is 0.451 e. The summed E-state index contributed by atoms with van der Waals surface area (Å²) in [6, 6.07) is 11.7. The molecule has 1 unspecified atom stereocenters. The molecule has 10 nitrogen and oxygen atoms in total. The number of rotatable bonds is 9. The molecule has 1 aromatic carbocycles. The van der Waals surface area contributed by atoms with Crippen LogP contribution in [0.25, 0.3) is 22.6 Å². The third kappa shape index (κ3) is 6.69. The molecule has 2 aliphatic heterocycles. The maximum atomic E-state index is 14.3. The first-order valence-corrected chi connectivity index (χ1v) is 15.3. The van der Waals surface area contributed by atoms with Gasteiger partial charge in [0.15, 0.2) is 5.82 Å². The number of ether oxygens (including phenoxy) is 2. The topological polar surface area (TPSA) is 107 Å². The first-order valence-electron chi connectivity index (χ1n) is 14.9. The van der Waals surface area contributed by atoms with Crippen LogP contribution in [0.2, 0.25) is 5.02 Å². The Morgan fingerprint density at radius 1 is 1.04 bits per heavy atom. The van der Waals surface area contributed by atoms with Gasteiger partial charge >= 0.3 is 6.18 Å². The molecule has 2 aliphatic rings. The summed E-state index contributed by atoms with van der Waals surface area (Å²) < 4.78 is 67.4. The van der Waals surface area contributed by atoms with Gasteiger partial charge in [-0.15, -0.1) is 0 Å². The van der Waals surface area contributed by atoms with E-state index in [9.17, 15) is 17.6 Å². The van der Waals surface area contributed by atoms with Gasteiger partial charge in [-0.2, -0.15) is 18.3 Å². The van der Waals surface area contributed by atoms with Crippen LogP contribution >= 0.6 is 11.6 Å². The van der Waals surface area contributed by atoms with Crippen molar-refractivity contribution in [2.45, 2.75) is 57.2 Å². The molecule has 7 rings (SSSR count). The molecular weight excluding hydrogens is 628 g/mol. The van der Waals surface area contributed by atoms with Crippen molar-refractivity contribution >= 4 is 22.6 Å². The monoisotopic (exact) mass is 656 g/mol. The molecule has 46 heavy (non-hydrogen) atoms. The molecule has 6 heterocycles. The van der Waals surface area contributed by atoms with Gasteiger partial charge in [0.2, 0.25) is 11.7 Å². The van der Waals surface area contributed by atoms with E-state index in [1.807, 2.05) is 23.3 Å². The highest BCUT2D eigenvalue weighted by atomic mass is 35.5. The molecule has 0 radical (unpaired) electrons. The van der Waals surface area contributed by atoms with E-state index in [2.05, 4.69) is 29.5 Å². The Balaban J connectivity index is 1.02. The molecule has 2 fully saturated rings. The number of alkyl halides is 3. The molecule has 0 spiro atoms. The number of imidazole rings is 1. The summed E-state index contributed by atoms with van der Waals surface area (Å²) in [5.41, 5.74) is 2.78. The van der Waals surface area contributed by atoms with Gasteiger partial charge in [-0.05, 0) is 49.1 Å². The lowest BCUT2D eigenvalue weighted by atomic mass is 10.1. The number of fused-ring (bicyclic) bond motifs is 1. The van der Waals surface area contributed by atoms with E-state index in [1.165, 1.54) is 6.07 Å². The zero-order valence-corrected chi connectivity index (χ0v) is 25.2. The minimum atomic E-state index is -4.63. The van der Waals surface area contributed by atoms with Gasteiger partial charge in [0.25, 0.3) is 0 Å². The van der Waals surface area contributed by atoms with Crippen molar-refractivity contribution in [3.05, 3.63) is 82.4 Å². The molecule has 0 aliphatic carbocycles. The lowest BCUT2D eigenvalue weighted by Crippen LogP contribution is -2.39. The zero-order valence-electron chi connectivity index (χ0n) is 24.5. The standard InChI is InChI=1S/C31H29ClF4N8O2/c32-19-5-4-18(23(33)13-19)12-20-2-1-3-28(38-20)46-21-6-9-43(10-7-21)17-27-39-24-14-25(29-40-30(42-41-29)31(34,35)36)37-15-26(24)44(27)16-22-8-11-45-22/h1-5,13-15,21-22H,6-12,16-17H2,(H,40,41,42). The second-order valence-electron chi connectivity index (χ2n) is 11.5. The number of likely N-dealkylation sites (tertiary alicyclic amines) is 1. The molecule has 0 bridgehead atoms. The van der Waals surface area contributed by atoms with Crippen LogP contribution in [0.3, 0.4) is 0 Å². The molecule has 15 heteroatoms. The first kappa shape index (κ1) is 30.5. The van der Waals surface area contributed by atoms with Gasteiger partial charge in [-0.1, -0.05) is 23.7 Å². The maximum absolute atomic E-state index is 14.3. The molecule has 4 aromatic heterocycles. The molecule has 0 saturated carbocycles. The van der Waals surface area contributed by atoms with E-state index in [1.54, 1.807) is 24.4 Å². The highest BCUT2D eigenvalue weighted by molar-refractivity contribution is 6.30. The molecule has 0 amide bonds. The highest BCUT2D eigenvalue weighted by Gasteiger charge is 2.35. The number of aromatic nitrogens is 7. The third-order valence-corrected chi connectivity index (χ3v) is 8.47. The largest absolute Gasteiger partial charge is 0.474 e. The van der Waals surface area contributed by atoms with Crippen LogP contribution in [-0.2, 0) is 30.4 Å². The number of benzene rings is 1. The molecule has 1 N–H and O–H groups in total. The van der Waals surface area contributed by atoms with Crippen LogP contribution in [0.4, 0.5) is 17.6 Å². The number of hydrogen-bond donors (Lipinski definition) is 1. The van der Waals surface area contributed by atoms with Crippen molar-refractivity contribution in [2.75, 3.05) is 19.7 Å². The molecule has 5 aromatic rings. The normalized spacial score (nSPS) is 17.8. The second kappa shape index (κ2) is 12.6. The van der Waals surface area contributed by atoms with Gasteiger partial charge in [0.1, 0.15) is 23.4 Å². The van der Waals surface area contributed by atoms with Gasteiger partial charge in [0, 0.05) is 42.9 Å².